The van der Waals surface area contributed by atoms with Gasteiger partial charge >= 0.3 is 6.09 Å². The summed E-state index contributed by atoms with van der Waals surface area (Å²) in [5.41, 5.74) is 0.676. The van der Waals surface area contributed by atoms with Crippen molar-refractivity contribution in [2.45, 2.75) is 66.0 Å². The number of hydrogen-bond acceptors (Lipinski definition) is 6. The quantitative estimate of drug-likeness (QED) is 0.495. The van der Waals surface area contributed by atoms with E-state index in [1.807, 2.05) is 34.6 Å². The molecule has 0 aromatic heterocycles. The molecule has 9 nitrogen and oxygen atoms in total. The number of carbonyl (C=O) groups is 2. The summed E-state index contributed by atoms with van der Waals surface area (Å²) in [4.78, 5) is 39.5. The van der Waals surface area contributed by atoms with Gasteiger partial charge in [0.25, 0.3) is 5.69 Å². The van der Waals surface area contributed by atoms with Crippen molar-refractivity contribution in [2.24, 2.45) is 5.92 Å². The second kappa shape index (κ2) is 10.8. The molecule has 2 amide bonds. The van der Waals surface area contributed by atoms with Crippen LogP contribution in [-0.4, -0.2) is 64.5 Å². The molecule has 0 spiro atoms. The van der Waals surface area contributed by atoms with Gasteiger partial charge in [-0.2, -0.15) is 0 Å². The Bertz CT molecular complexity index is 834. The summed E-state index contributed by atoms with van der Waals surface area (Å²) in [6, 6.07) is 4.42. The maximum Gasteiger partial charge on any atom is 0.410 e. The number of piperidine rings is 1. The van der Waals surface area contributed by atoms with E-state index in [1.165, 1.54) is 12.1 Å². The number of carbonyl (C=O) groups excluding carboxylic acids is 2. The molecule has 1 fully saturated rings. The smallest absolute Gasteiger partial charge is 0.410 e. The molecule has 1 unspecified atom stereocenters. The number of nitrogens with zero attached hydrogens (tertiary/aromatic N) is 3. The van der Waals surface area contributed by atoms with Crippen LogP contribution in [0.2, 0.25) is 0 Å². The minimum Gasteiger partial charge on any atom is -0.444 e. The molecule has 9 heteroatoms. The molecule has 1 aliphatic rings. The fourth-order valence-corrected chi connectivity index (χ4v) is 3.83. The van der Waals surface area contributed by atoms with Gasteiger partial charge in [-0.3, -0.25) is 19.8 Å². The molecule has 1 atom stereocenters. The van der Waals surface area contributed by atoms with Gasteiger partial charge in [0, 0.05) is 37.0 Å². The number of nitro groups is 1. The first-order valence-corrected chi connectivity index (χ1v) is 11.1. The number of ether oxygens (including phenoxy) is 1. The van der Waals surface area contributed by atoms with Crippen LogP contribution < -0.4 is 5.32 Å². The zero-order chi connectivity index (χ0) is 24.1. The maximum absolute atomic E-state index is 12.6. The van der Waals surface area contributed by atoms with Gasteiger partial charge in [-0.1, -0.05) is 0 Å². The SMILES string of the molecule is Cc1cc([N+](=O)[O-])ccc1NC(=O)CN1CCCC(CN(C(=O)OC(C)(C)C)C(C)C)C1. The van der Waals surface area contributed by atoms with E-state index in [1.54, 1.807) is 17.9 Å². The molecule has 0 radical (unpaired) electrons. The molecule has 1 aromatic rings. The number of nitrogens with one attached hydrogen (secondary N) is 1. The fraction of sp³-hybridized carbons (Fsp3) is 0.652. The molecule has 2 rings (SSSR count). The Morgan fingerprint density at radius 3 is 2.59 bits per heavy atom. The molecule has 0 saturated carbocycles. The number of amides is 2. The van der Waals surface area contributed by atoms with Crippen molar-refractivity contribution in [3.63, 3.8) is 0 Å². The van der Waals surface area contributed by atoms with Gasteiger partial charge in [0.05, 0.1) is 11.5 Å². The number of anilines is 1. The Balaban J connectivity index is 1.93. The van der Waals surface area contributed by atoms with Crippen molar-refractivity contribution in [1.82, 2.24) is 9.80 Å². The van der Waals surface area contributed by atoms with Crippen molar-refractivity contribution >= 4 is 23.4 Å². The Kier molecular flexibility index (Phi) is 8.60. The number of hydrogen-bond donors (Lipinski definition) is 1. The van der Waals surface area contributed by atoms with Gasteiger partial charge in [0.1, 0.15) is 5.60 Å². The third kappa shape index (κ3) is 7.78. The predicted octanol–water partition coefficient (Wildman–Crippen LogP) is 4.20. The largest absolute Gasteiger partial charge is 0.444 e. The molecule has 32 heavy (non-hydrogen) atoms. The van der Waals surface area contributed by atoms with Crippen LogP contribution in [0.1, 0.15) is 53.0 Å². The standard InChI is InChI=1S/C23H36N4O5/c1-16(2)26(22(29)32-23(4,5)6)14-18-8-7-11-25(13-18)15-21(28)24-20-10-9-19(27(30)31)12-17(20)3/h9-10,12,16,18H,7-8,11,13-15H2,1-6H3,(H,24,28). The molecule has 1 heterocycles. The number of rotatable bonds is 7. The van der Waals surface area contributed by atoms with Crippen LogP contribution >= 0.6 is 0 Å². The maximum atomic E-state index is 12.6. The summed E-state index contributed by atoms with van der Waals surface area (Å²) >= 11 is 0. The molecular weight excluding hydrogens is 412 g/mol. The Morgan fingerprint density at radius 2 is 2.03 bits per heavy atom. The number of aryl methyl sites for hydroxylation is 1. The minimum atomic E-state index is -0.545. The fourth-order valence-electron chi connectivity index (χ4n) is 3.83. The van der Waals surface area contributed by atoms with Crippen molar-refractivity contribution in [3.8, 4) is 0 Å². The monoisotopic (exact) mass is 448 g/mol. The van der Waals surface area contributed by atoms with E-state index < -0.39 is 10.5 Å². The lowest BCUT2D eigenvalue weighted by atomic mass is 9.97. The van der Waals surface area contributed by atoms with Crippen molar-refractivity contribution < 1.29 is 19.2 Å². The van der Waals surface area contributed by atoms with Crippen LogP contribution in [0.15, 0.2) is 18.2 Å². The average Bonchev–Trinajstić information content (AvgIpc) is 2.66. The van der Waals surface area contributed by atoms with Crippen LogP contribution in [0.5, 0.6) is 0 Å². The van der Waals surface area contributed by atoms with Crippen molar-refractivity contribution in [1.29, 1.82) is 0 Å². The Hall–Kier alpha value is -2.68. The van der Waals surface area contributed by atoms with Gasteiger partial charge in [-0.15, -0.1) is 0 Å². The highest BCUT2D eigenvalue weighted by atomic mass is 16.6. The lowest BCUT2D eigenvalue weighted by Crippen LogP contribution is -2.48. The molecule has 0 aliphatic carbocycles. The van der Waals surface area contributed by atoms with Crippen molar-refractivity contribution in [3.05, 3.63) is 33.9 Å². The summed E-state index contributed by atoms with van der Waals surface area (Å²) in [5, 5.41) is 13.7. The second-order valence-corrected chi connectivity index (χ2v) is 9.77. The summed E-state index contributed by atoms with van der Waals surface area (Å²) in [6.07, 6.45) is 1.64. The van der Waals surface area contributed by atoms with Crippen LogP contribution in [-0.2, 0) is 9.53 Å². The lowest BCUT2D eigenvalue weighted by Gasteiger charge is -2.37. The molecule has 1 aromatic carbocycles. The predicted molar refractivity (Wildman–Crippen MR) is 124 cm³/mol. The topological polar surface area (TPSA) is 105 Å². The number of nitro benzene ring substituents is 1. The number of benzene rings is 1. The van der Waals surface area contributed by atoms with E-state index >= 15 is 0 Å². The molecule has 178 valence electrons. The van der Waals surface area contributed by atoms with Gasteiger partial charge in [0.15, 0.2) is 0 Å². The number of non-ortho nitro benzene ring substituents is 1. The highest BCUT2D eigenvalue weighted by Gasteiger charge is 2.29. The van der Waals surface area contributed by atoms with Gasteiger partial charge in [-0.05, 0) is 78.5 Å². The van der Waals surface area contributed by atoms with Gasteiger partial charge in [-0.25, -0.2) is 4.79 Å². The zero-order valence-electron chi connectivity index (χ0n) is 20.0. The molecule has 0 bridgehead atoms. The first-order valence-electron chi connectivity index (χ1n) is 11.1. The Morgan fingerprint density at radius 1 is 1.34 bits per heavy atom. The first kappa shape index (κ1) is 25.6. The first-order chi connectivity index (χ1) is 14.9. The van der Waals surface area contributed by atoms with Crippen LogP contribution in [0.4, 0.5) is 16.2 Å². The lowest BCUT2D eigenvalue weighted by molar-refractivity contribution is -0.384. The molecular formula is C23H36N4O5. The van der Waals surface area contributed by atoms with E-state index in [4.69, 9.17) is 4.74 Å². The summed E-state index contributed by atoms with van der Waals surface area (Å²) in [5.74, 6) is 0.100. The second-order valence-electron chi connectivity index (χ2n) is 9.77. The van der Waals surface area contributed by atoms with E-state index in [9.17, 15) is 19.7 Å². The van der Waals surface area contributed by atoms with Gasteiger partial charge < -0.3 is 15.0 Å². The molecule has 1 saturated heterocycles. The normalized spacial score (nSPS) is 17.2. The summed E-state index contributed by atoms with van der Waals surface area (Å²) in [6.45, 7) is 13.6. The van der Waals surface area contributed by atoms with E-state index in [0.29, 0.717) is 17.8 Å². The highest BCUT2D eigenvalue weighted by molar-refractivity contribution is 5.93. The zero-order valence-corrected chi connectivity index (χ0v) is 20.0. The molecule has 1 aliphatic heterocycles. The number of likely N-dealkylation sites (tertiary alicyclic amines) is 1. The minimum absolute atomic E-state index is 0.000865. The third-order valence-corrected chi connectivity index (χ3v) is 5.37. The van der Waals surface area contributed by atoms with E-state index in [0.717, 1.165) is 25.9 Å². The average molecular weight is 449 g/mol. The summed E-state index contributed by atoms with van der Waals surface area (Å²) < 4.78 is 5.56. The van der Waals surface area contributed by atoms with Crippen molar-refractivity contribution in [2.75, 3.05) is 31.5 Å². The third-order valence-electron chi connectivity index (χ3n) is 5.37. The highest BCUT2D eigenvalue weighted by Crippen LogP contribution is 2.23. The van der Waals surface area contributed by atoms with Crippen LogP contribution in [0.25, 0.3) is 0 Å². The molecule has 1 N–H and O–H groups in total. The van der Waals surface area contributed by atoms with Crippen LogP contribution in [0.3, 0.4) is 0 Å². The van der Waals surface area contributed by atoms with Crippen LogP contribution in [0, 0.1) is 23.0 Å². The van der Waals surface area contributed by atoms with E-state index in [-0.39, 0.29) is 36.2 Å². The summed E-state index contributed by atoms with van der Waals surface area (Å²) in [7, 11) is 0. The van der Waals surface area contributed by atoms with Gasteiger partial charge in [0.2, 0.25) is 5.91 Å². The Labute approximate surface area is 190 Å². The van der Waals surface area contributed by atoms with E-state index in [2.05, 4.69) is 10.2 Å².